The lowest BCUT2D eigenvalue weighted by Crippen LogP contribution is -2.24. The zero-order valence-corrected chi connectivity index (χ0v) is 15.2. The average Bonchev–Trinajstić information content (AvgIpc) is 2.99. The summed E-state index contributed by atoms with van der Waals surface area (Å²) in [5, 5.41) is 7.02. The number of hydrogen-bond acceptors (Lipinski definition) is 3. The Balaban J connectivity index is 1.72. The number of rotatable bonds is 5. The average molecular weight is 346 g/mol. The molecular formula is C22H22N2O2. The van der Waals surface area contributed by atoms with Crippen molar-refractivity contribution in [2.24, 2.45) is 0 Å². The van der Waals surface area contributed by atoms with Crippen LogP contribution >= 0.6 is 0 Å². The van der Waals surface area contributed by atoms with Crippen LogP contribution in [0.5, 0.6) is 0 Å². The first-order chi connectivity index (χ1) is 12.5. The molecule has 0 saturated heterocycles. The highest BCUT2D eigenvalue weighted by Gasteiger charge is 2.14. The maximum atomic E-state index is 12.2. The molecule has 4 nitrogen and oxygen atoms in total. The van der Waals surface area contributed by atoms with Crippen LogP contribution in [-0.4, -0.2) is 11.1 Å². The lowest BCUT2D eigenvalue weighted by atomic mass is 9.99. The molecule has 0 bridgehead atoms. The Labute approximate surface area is 153 Å². The number of aryl methyl sites for hydroxylation is 2. The minimum Gasteiger partial charge on any atom is -0.361 e. The highest BCUT2D eigenvalue weighted by atomic mass is 16.5. The number of hydrogen-bond donors (Lipinski definition) is 1. The van der Waals surface area contributed by atoms with E-state index in [4.69, 9.17) is 4.52 Å². The van der Waals surface area contributed by atoms with E-state index in [9.17, 15) is 4.79 Å². The minimum absolute atomic E-state index is 0.108. The van der Waals surface area contributed by atoms with Gasteiger partial charge < -0.3 is 9.84 Å². The summed E-state index contributed by atoms with van der Waals surface area (Å²) in [5.74, 6) is 0.672. The van der Waals surface area contributed by atoms with Crippen molar-refractivity contribution in [1.82, 2.24) is 10.5 Å². The summed E-state index contributed by atoms with van der Waals surface area (Å²) in [6.45, 7) is 5.81. The number of carbonyl (C=O) groups is 1. The minimum atomic E-state index is -0.121. The van der Waals surface area contributed by atoms with Gasteiger partial charge in [-0.3, -0.25) is 4.79 Å². The maximum Gasteiger partial charge on any atom is 0.244 e. The van der Waals surface area contributed by atoms with Crippen molar-refractivity contribution < 1.29 is 9.32 Å². The molecule has 3 rings (SSSR count). The zero-order valence-electron chi connectivity index (χ0n) is 15.2. The molecule has 3 aromatic rings. The molecule has 1 atom stereocenters. The van der Waals surface area contributed by atoms with Crippen LogP contribution in [0.1, 0.15) is 35.5 Å². The Morgan fingerprint density at radius 2 is 1.88 bits per heavy atom. The van der Waals surface area contributed by atoms with Crippen molar-refractivity contribution >= 4 is 12.0 Å². The first kappa shape index (κ1) is 17.7. The Kier molecular flexibility index (Phi) is 5.32. The Bertz CT molecular complexity index is 907. The molecule has 0 radical (unpaired) electrons. The van der Waals surface area contributed by atoms with Crippen LogP contribution < -0.4 is 5.32 Å². The molecule has 1 N–H and O–H groups in total. The Morgan fingerprint density at radius 3 is 2.58 bits per heavy atom. The molecule has 0 aliphatic heterocycles. The quantitative estimate of drug-likeness (QED) is 0.672. The van der Waals surface area contributed by atoms with Crippen molar-refractivity contribution in [2.45, 2.75) is 26.8 Å². The number of amides is 1. The van der Waals surface area contributed by atoms with Gasteiger partial charge >= 0.3 is 0 Å². The second-order valence-electron chi connectivity index (χ2n) is 6.30. The van der Waals surface area contributed by atoms with Crippen LogP contribution in [0, 0.1) is 13.8 Å². The second-order valence-corrected chi connectivity index (χ2v) is 6.30. The molecule has 1 heterocycles. The van der Waals surface area contributed by atoms with Gasteiger partial charge in [0.15, 0.2) is 0 Å². The Hall–Kier alpha value is -3.14. The summed E-state index contributed by atoms with van der Waals surface area (Å²) in [5.41, 5.74) is 4.94. The summed E-state index contributed by atoms with van der Waals surface area (Å²) in [4.78, 5) is 12.2. The van der Waals surface area contributed by atoms with E-state index in [2.05, 4.69) is 16.5 Å². The van der Waals surface area contributed by atoms with E-state index >= 15 is 0 Å². The molecule has 1 aromatic heterocycles. The van der Waals surface area contributed by atoms with E-state index in [1.807, 2.05) is 75.4 Å². The fraction of sp³-hybridized carbons (Fsp3) is 0.182. The smallest absolute Gasteiger partial charge is 0.244 e. The van der Waals surface area contributed by atoms with Crippen LogP contribution in [-0.2, 0) is 4.79 Å². The van der Waals surface area contributed by atoms with E-state index in [-0.39, 0.29) is 11.9 Å². The van der Waals surface area contributed by atoms with E-state index in [1.54, 1.807) is 6.08 Å². The van der Waals surface area contributed by atoms with Gasteiger partial charge in [0.1, 0.15) is 5.76 Å². The van der Waals surface area contributed by atoms with Crippen molar-refractivity contribution in [1.29, 1.82) is 0 Å². The molecular weight excluding hydrogens is 324 g/mol. The second kappa shape index (κ2) is 7.83. The number of nitrogens with zero attached hydrogens (tertiary/aromatic N) is 1. The van der Waals surface area contributed by atoms with Crippen LogP contribution in [0.4, 0.5) is 0 Å². The normalized spacial score (nSPS) is 12.3. The van der Waals surface area contributed by atoms with E-state index in [0.29, 0.717) is 0 Å². The molecule has 4 heteroatoms. The lowest BCUT2D eigenvalue weighted by Gasteiger charge is -2.14. The molecule has 0 saturated carbocycles. The summed E-state index contributed by atoms with van der Waals surface area (Å²) in [6, 6.07) is 17.7. The molecule has 26 heavy (non-hydrogen) atoms. The molecule has 0 spiro atoms. The molecule has 0 aliphatic carbocycles. The van der Waals surface area contributed by atoms with E-state index in [1.165, 1.54) is 0 Å². The van der Waals surface area contributed by atoms with Crippen LogP contribution in [0.3, 0.4) is 0 Å². The predicted molar refractivity (Wildman–Crippen MR) is 103 cm³/mol. The van der Waals surface area contributed by atoms with E-state index < -0.39 is 0 Å². The molecule has 1 amide bonds. The van der Waals surface area contributed by atoms with Crippen molar-refractivity contribution in [3.05, 3.63) is 83.3 Å². The van der Waals surface area contributed by atoms with Gasteiger partial charge in [-0.1, -0.05) is 53.7 Å². The largest absolute Gasteiger partial charge is 0.361 e. The number of benzene rings is 2. The van der Waals surface area contributed by atoms with Crippen molar-refractivity contribution in [3.63, 3.8) is 0 Å². The lowest BCUT2D eigenvalue weighted by molar-refractivity contribution is -0.117. The van der Waals surface area contributed by atoms with Crippen LogP contribution in [0.15, 0.2) is 65.2 Å². The predicted octanol–water partition coefficient (Wildman–Crippen LogP) is 4.85. The fourth-order valence-corrected chi connectivity index (χ4v) is 2.94. The molecule has 2 aromatic carbocycles. The maximum absolute atomic E-state index is 12.2. The van der Waals surface area contributed by atoms with Gasteiger partial charge in [-0.05, 0) is 49.6 Å². The fourth-order valence-electron chi connectivity index (χ4n) is 2.94. The highest BCUT2D eigenvalue weighted by molar-refractivity contribution is 5.92. The summed E-state index contributed by atoms with van der Waals surface area (Å²) < 4.78 is 5.26. The first-order valence-corrected chi connectivity index (χ1v) is 8.61. The third-order valence-electron chi connectivity index (χ3n) is 4.29. The zero-order chi connectivity index (χ0) is 18.5. The third kappa shape index (κ3) is 4.09. The van der Waals surface area contributed by atoms with Gasteiger partial charge in [0.2, 0.25) is 5.91 Å². The van der Waals surface area contributed by atoms with Crippen LogP contribution in [0.2, 0.25) is 0 Å². The molecule has 0 fully saturated rings. The SMILES string of the molecule is Cc1noc(C)c1-c1cccc(C(C)NC(=O)C=Cc2ccccc2)c1. The van der Waals surface area contributed by atoms with Gasteiger partial charge in [-0.2, -0.15) is 0 Å². The molecule has 0 aliphatic rings. The van der Waals surface area contributed by atoms with Gasteiger partial charge in [0, 0.05) is 11.6 Å². The first-order valence-electron chi connectivity index (χ1n) is 8.61. The summed E-state index contributed by atoms with van der Waals surface area (Å²) >= 11 is 0. The van der Waals surface area contributed by atoms with Crippen molar-refractivity contribution in [3.8, 4) is 11.1 Å². The third-order valence-corrected chi connectivity index (χ3v) is 4.29. The van der Waals surface area contributed by atoms with Gasteiger partial charge in [0.05, 0.1) is 11.7 Å². The van der Waals surface area contributed by atoms with Gasteiger partial charge in [-0.15, -0.1) is 0 Å². The summed E-state index contributed by atoms with van der Waals surface area (Å²) in [6.07, 6.45) is 3.37. The molecule has 132 valence electrons. The van der Waals surface area contributed by atoms with Crippen molar-refractivity contribution in [2.75, 3.05) is 0 Å². The summed E-state index contributed by atoms with van der Waals surface area (Å²) in [7, 11) is 0. The monoisotopic (exact) mass is 346 g/mol. The topological polar surface area (TPSA) is 55.1 Å². The number of carbonyl (C=O) groups excluding carboxylic acids is 1. The van der Waals surface area contributed by atoms with E-state index in [0.717, 1.165) is 33.7 Å². The van der Waals surface area contributed by atoms with Gasteiger partial charge in [-0.25, -0.2) is 0 Å². The van der Waals surface area contributed by atoms with Gasteiger partial charge in [0.25, 0.3) is 0 Å². The Morgan fingerprint density at radius 1 is 1.12 bits per heavy atom. The number of aromatic nitrogens is 1. The van der Waals surface area contributed by atoms with Crippen LogP contribution in [0.25, 0.3) is 17.2 Å². The standard InChI is InChI=1S/C22H22N2O2/c1-15(23-21(25)13-12-18-8-5-4-6-9-18)19-10-7-11-20(14-19)22-16(2)24-26-17(22)3/h4-15H,1-3H3,(H,23,25). The highest BCUT2D eigenvalue weighted by Crippen LogP contribution is 2.28. The number of nitrogens with one attached hydrogen (secondary N) is 1. The molecule has 1 unspecified atom stereocenters.